The number of benzene rings is 2. The summed E-state index contributed by atoms with van der Waals surface area (Å²) in [4.78, 5) is 14.2. The van der Waals surface area contributed by atoms with Crippen LogP contribution < -0.4 is 0 Å². The van der Waals surface area contributed by atoms with E-state index in [2.05, 4.69) is 116 Å². The first kappa shape index (κ1) is 42.2. The van der Waals surface area contributed by atoms with Gasteiger partial charge in [0.1, 0.15) is 0 Å². The Morgan fingerprint density at radius 1 is 0.634 bits per heavy atom. The van der Waals surface area contributed by atoms with Crippen molar-refractivity contribution in [2.45, 2.75) is 131 Å². The third-order valence-electron chi connectivity index (χ3n) is 6.77. The molecule has 228 valence electrons. The molecule has 2 aromatic carbocycles. The molecule has 41 heavy (non-hydrogen) atoms. The molecule has 0 saturated carbocycles. The van der Waals surface area contributed by atoms with Crippen LogP contribution >= 0.6 is 8.25 Å². The first-order chi connectivity index (χ1) is 17.8. The molecule has 0 spiro atoms. The second-order valence-electron chi connectivity index (χ2n) is 14.5. The van der Waals surface area contributed by atoms with Crippen molar-refractivity contribution in [3.8, 4) is 11.5 Å². The standard InChI is InChI=1S/C19H31O.C15H23O.Ca.HO3P/c1-9-13(10-2)14-11-15(18(3,4)5)17(20)16(12-14)19(6,7)8;1-10-8-11(14(2,3)4)13(16)12(9-10)15(5,6)7;;1-4(2)3/h11-12,20H,9-10H2,1-8H3;8-9,16H,1H2,2-7H3;;(H-,1,2,3)/q2*-1;+2;/p+1. The van der Waals surface area contributed by atoms with Crippen molar-refractivity contribution in [1.29, 1.82) is 0 Å². The minimum absolute atomic E-state index is 0. The van der Waals surface area contributed by atoms with Gasteiger partial charge in [-0.1, -0.05) is 132 Å². The maximum absolute atomic E-state index is 10.7. The van der Waals surface area contributed by atoms with Crippen molar-refractivity contribution in [2.75, 3.05) is 0 Å². The van der Waals surface area contributed by atoms with Gasteiger partial charge in [-0.05, 0) is 21.7 Å². The Hall–Kier alpha value is -0.940. The summed E-state index contributed by atoms with van der Waals surface area (Å²) in [5.41, 5.74) is 6.11. The summed E-state index contributed by atoms with van der Waals surface area (Å²) in [6.45, 7) is 34.0. The van der Waals surface area contributed by atoms with E-state index in [1.807, 2.05) is 12.1 Å². The van der Waals surface area contributed by atoms with Gasteiger partial charge in [0.2, 0.25) is 0 Å². The maximum Gasteiger partial charge on any atom is 2.00 e. The number of phenolic OH excluding ortho intramolecular Hbond substituents is 2. The van der Waals surface area contributed by atoms with E-state index < -0.39 is 8.25 Å². The third-order valence-corrected chi connectivity index (χ3v) is 6.77. The Morgan fingerprint density at radius 3 is 1.05 bits per heavy atom. The molecule has 0 unspecified atom stereocenters. The third kappa shape index (κ3) is 13.5. The van der Waals surface area contributed by atoms with Gasteiger partial charge in [-0.2, -0.15) is 48.2 Å². The zero-order valence-electron chi connectivity index (χ0n) is 28.3. The molecule has 4 N–H and O–H groups in total. The largest absolute Gasteiger partial charge is 2.00 e. The average molecular weight is 616 g/mol. The summed E-state index contributed by atoms with van der Waals surface area (Å²) in [5, 5.41) is 21.1. The van der Waals surface area contributed by atoms with Crippen molar-refractivity contribution in [2.24, 2.45) is 0 Å². The molecule has 0 saturated heterocycles. The summed E-state index contributed by atoms with van der Waals surface area (Å²) in [6, 6.07) is 8.33. The van der Waals surface area contributed by atoms with E-state index in [9.17, 15) is 10.2 Å². The zero-order chi connectivity index (χ0) is 32.0. The monoisotopic (exact) mass is 615 g/mol. The van der Waals surface area contributed by atoms with Crippen LogP contribution in [0.5, 0.6) is 11.5 Å². The van der Waals surface area contributed by atoms with E-state index in [0.717, 1.165) is 40.7 Å². The topological polar surface area (TPSA) is 98.0 Å². The van der Waals surface area contributed by atoms with Gasteiger partial charge in [-0.15, -0.1) is 9.79 Å². The van der Waals surface area contributed by atoms with Crippen LogP contribution in [0.25, 0.3) is 0 Å². The molecule has 0 aliphatic heterocycles. The van der Waals surface area contributed by atoms with Gasteiger partial charge in [-0.3, -0.25) is 0 Å². The first-order valence-electron chi connectivity index (χ1n) is 14.1. The molecule has 2 rings (SSSR count). The molecular weight excluding hydrogens is 559 g/mol. The van der Waals surface area contributed by atoms with Crippen LogP contribution in [0.15, 0.2) is 24.3 Å². The van der Waals surface area contributed by atoms with E-state index in [4.69, 9.17) is 14.4 Å². The SMILES string of the molecule is CC[C-](CC)c1cc(C(C)(C)C)c(O)c(C(C)(C)C)c1.O=[P+](O)O.[CH2-]c1cc(C(C)(C)C)c(O)c(C(C)(C)C)c1.[Ca+2]. The van der Waals surface area contributed by atoms with Crippen molar-refractivity contribution >= 4 is 46.0 Å². The van der Waals surface area contributed by atoms with E-state index in [1.54, 1.807) is 0 Å². The Morgan fingerprint density at radius 2 is 0.854 bits per heavy atom. The van der Waals surface area contributed by atoms with E-state index in [0.29, 0.717) is 11.5 Å². The van der Waals surface area contributed by atoms with Gasteiger partial charge in [0.05, 0.1) is 11.5 Å². The predicted octanol–water partition coefficient (Wildman–Crippen LogP) is 9.15. The van der Waals surface area contributed by atoms with Crippen LogP contribution in [-0.4, -0.2) is 57.7 Å². The maximum atomic E-state index is 10.7. The smallest absolute Gasteiger partial charge is 0.510 e. The molecule has 0 bridgehead atoms. The minimum Gasteiger partial charge on any atom is -0.510 e. The van der Waals surface area contributed by atoms with Crippen molar-refractivity contribution in [1.82, 2.24) is 0 Å². The number of phenols is 2. The van der Waals surface area contributed by atoms with Gasteiger partial charge >= 0.3 is 46.0 Å². The molecule has 0 aliphatic rings. The number of hydrogen-bond acceptors (Lipinski definition) is 3. The summed E-state index contributed by atoms with van der Waals surface area (Å²) >= 11 is 0. The van der Waals surface area contributed by atoms with Crippen LogP contribution in [0.2, 0.25) is 0 Å². The average Bonchev–Trinajstić information content (AvgIpc) is 2.73. The van der Waals surface area contributed by atoms with Gasteiger partial charge in [0.25, 0.3) is 0 Å². The van der Waals surface area contributed by atoms with Crippen LogP contribution in [0.3, 0.4) is 0 Å². The molecule has 0 amide bonds. The molecule has 0 aromatic heterocycles. The van der Waals surface area contributed by atoms with Crippen LogP contribution in [0.4, 0.5) is 0 Å². The summed E-state index contributed by atoms with van der Waals surface area (Å²) in [5.74, 6) is 2.36. The molecule has 0 atom stereocenters. The van der Waals surface area contributed by atoms with Gasteiger partial charge < -0.3 is 10.2 Å². The predicted molar refractivity (Wildman–Crippen MR) is 176 cm³/mol. The van der Waals surface area contributed by atoms with Crippen molar-refractivity contribution in [3.63, 3.8) is 0 Å². The van der Waals surface area contributed by atoms with Gasteiger partial charge in [0, 0.05) is 4.57 Å². The fourth-order valence-corrected chi connectivity index (χ4v) is 4.48. The van der Waals surface area contributed by atoms with E-state index in [-0.39, 0.29) is 59.4 Å². The Kier molecular flexibility index (Phi) is 16.7. The van der Waals surface area contributed by atoms with Gasteiger partial charge in [-0.25, -0.2) is 0 Å². The second-order valence-corrected chi connectivity index (χ2v) is 15.0. The van der Waals surface area contributed by atoms with E-state index >= 15 is 0 Å². The first-order valence-corrected chi connectivity index (χ1v) is 15.2. The number of hydrogen-bond donors (Lipinski definition) is 4. The zero-order valence-corrected chi connectivity index (χ0v) is 31.4. The van der Waals surface area contributed by atoms with Gasteiger partial charge in [0.15, 0.2) is 0 Å². The second kappa shape index (κ2) is 16.2. The molecule has 0 fully saturated rings. The quantitative estimate of drug-likeness (QED) is 0.157. The van der Waals surface area contributed by atoms with Crippen LogP contribution in [0, 0.1) is 12.8 Å². The number of rotatable bonds is 3. The summed E-state index contributed by atoms with van der Waals surface area (Å²) < 4.78 is 8.70. The summed E-state index contributed by atoms with van der Waals surface area (Å²) in [6.07, 6.45) is 2.13. The molecule has 0 heterocycles. The molecule has 5 nitrogen and oxygen atoms in total. The molecular formula is C34H56CaO5P+. The molecule has 0 aliphatic carbocycles. The molecule has 7 heteroatoms. The van der Waals surface area contributed by atoms with Crippen molar-refractivity contribution < 1.29 is 24.6 Å². The normalized spacial score (nSPS) is 11.8. The fourth-order valence-electron chi connectivity index (χ4n) is 4.48. The summed E-state index contributed by atoms with van der Waals surface area (Å²) in [7, 11) is -2.87. The Bertz CT molecular complexity index is 1050. The van der Waals surface area contributed by atoms with Crippen LogP contribution in [-0.2, 0) is 26.2 Å². The van der Waals surface area contributed by atoms with Crippen molar-refractivity contribution in [3.05, 3.63) is 70.5 Å². The fraction of sp³-hybridized carbons (Fsp3) is 0.588. The minimum atomic E-state index is -2.87. The Balaban J connectivity index is 0. The van der Waals surface area contributed by atoms with Crippen LogP contribution in [0.1, 0.15) is 143 Å². The number of aromatic hydroxyl groups is 2. The van der Waals surface area contributed by atoms with E-state index in [1.165, 1.54) is 11.5 Å². The molecule has 2 aromatic rings. The Labute approximate surface area is 282 Å². The molecule has 0 radical (unpaired) electrons.